The first-order valence-corrected chi connectivity index (χ1v) is 13.7. The first kappa shape index (κ1) is 24.3. The van der Waals surface area contributed by atoms with Crippen LogP contribution in [0.5, 0.6) is 0 Å². The van der Waals surface area contributed by atoms with Gasteiger partial charge in [-0.3, -0.25) is 4.57 Å². The molecule has 3 N–H and O–H groups in total. The Morgan fingerprint density at radius 1 is 1.27 bits per heavy atom. The van der Waals surface area contributed by atoms with Crippen LogP contribution in [0.15, 0.2) is 0 Å². The largest absolute Gasteiger partial charge is 0.432 e. The highest BCUT2D eigenvalue weighted by Gasteiger charge is 2.48. The van der Waals surface area contributed by atoms with E-state index in [0.717, 1.165) is 0 Å². The molecule has 0 aliphatic carbocycles. The molecule has 0 spiro atoms. The molecule has 0 aromatic heterocycles. The third-order valence-corrected chi connectivity index (χ3v) is 11.1. The van der Waals surface area contributed by atoms with Crippen molar-refractivity contribution in [2.45, 2.75) is 82.7 Å². The Morgan fingerprint density at radius 2 is 1.77 bits per heavy atom. The molecule has 1 aliphatic rings. The molecule has 1 aliphatic heterocycles. The SMILES string of the molecule is [B][C@@H]1O[C@H](C(O)C(O)P(=O)(OCC)OCC)C[C@@H]1CC(C)(C)[Si](C)(C)O. The maximum absolute atomic E-state index is 12.7. The van der Waals surface area contributed by atoms with Crippen molar-refractivity contribution in [1.29, 1.82) is 0 Å². The second-order valence-electron chi connectivity index (χ2n) is 8.06. The molecule has 1 heterocycles. The number of hydrogen-bond donors (Lipinski definition) is 3. The summed E-state index contributed by atoms with van der Waals surface area (Å²) in [5.74, 6) is -1.80. The van der Waals surface area contributed by atoms with Gasteiger partial charge in [0.25, 0.3) is 0 Å². The van der Waals surface area contributed by atoms with Crippen molar-refractivity contribution in [1.82, 2.24) is 0 Å². The highest BCUT2D eigenvalue weighted by atomic mass is 31.2. The summed E-state index contributed by atoms with van der Waals surface area (Å²) in [5, 5.41) is 20.6. The van der Waals surface area contributed by atoms with Gasteiger partial charge in [-0.25, -0.2) is 0 Å². The molecule has 152 valence electrons. The van der Waals surface area contributed by atoms with Gasteiger partial charge in [0.1, 0.15) is 14.0 Å². The fourth-order valence-electron chi connectivity index (χ4n) is 3.05. The van der Waals surface area contributed by atoms with Crippen molar-refractivity contribution in [3.63, 3.8) is 0 Å². The summed E-state index contributed by atoms with van der Waals surface area (Å²) in [6.07, 6.45) is -1.19. The molecule has 0 aromatic rings. The van der Waals surface area contributed by atoms with Gasteiger partial charge in [0.05, 0.1) is 19.3 Å². The molecule has 7 nitrogen and oxygen atoms in total. The molecule has 2 radical (unpaired) electrons. The number of rotatable bonds is 10. The van der Waals surface area contributed by atoms with Gasteiger partial charge < -0.3 is 28.8 Å². The van der Waals surface area contributed by atoms with E-state index in [2.05, 4.69) is 0 Å². The van der Waals surface area contributed by atoms with E-state index in [0.29, 0.717) is 12.8 Å². The standard InChI is InChI=1S/C16H34BO7PSi/c1-7-22-25(20,23-8-2)15(19)13(18)12-9-11(14(17)24-12)10-16(3,4)26(5,6)21/h11-15,18-19,21H,7-10H2,1-6H3/t11-,12+,13?,14-,15?/m1/s1. The van der Waals surface area contributed by atoms with Crippen LogP contribution in [-0.2, 0) is 18.3 Å². The Kier molecular flexibility index (Phi) is 8.58. The predicted octanol–water partition coefficient (Wildman–Crippen LogP) is 2.20. The lowest BCUT2D eigenvalue weighted by molar-refractivity contribution is -0.0580. The van der Waals surface area contributed by atoms with Crippen molar-refractivity contribution >= 4 is 23.8 Å². The molecule has 1 fully saturated rings. The van der Waals surface area contributed by atoms with E-state index in [1.165, 1.54) is 0 Å². The molecule has 1 rings (SSSR count). The lowest BCUT2D eigenvalue weighted by atomic mass is 9.80. The van der Waals surface area contributed by atoms with Crippen LogP contribution in [0.25, 0.3) is 0 Å². The van der Waals surface area contributed by atoms with Crippen molar-refractivity contribution in [3.8, 4) is 0 Å². The van der Waals surface area contributed by atoms with Crippen molar-refractivity contribution < 1.29 is 33.4 Å². The van der Waals surface area contributed by atoms with Crippen molar-refractivity contribution in [2.75, 3.05) is 13.2 Å². The molecule has 0 saturated carbocycles. The summed E-state index contributed by atoms with van der Waals surface area (Å²) in [6, 6.07) is -0.629. The van der Waals surface area contributed by atoms with Crippen LogP contribution in [0, 0.1) is 5.92 Å². The average Bonchev–Trinajstić information content (AvgIpc) is 2.85. The molecule has 26 heavy (non-hydrogen) atoms. The quantitative estimate of drug-likeness (QED) is 0.376. The zero-order chi connectivity index (χ0) is 20.3. The minimum absolute atomic E-state index is 0.0825. The second-order valence-corrected chi connectivity index (χ2v) is 14.7. The summed E-state index contributed by atoms with van der Waals surface area (Å²) < 4.78 is 28.5. The highest BCUT2D eigenvalue weighted by molar-refractivity contribution is 7.54. The Labute approximate surface area is 159 Å². The maximum atomic E-state index is 12.7. The maximum Gasteiger partial charge on any atom is 0.361 e. The molecule has 2 unspecified atom stereocenters. The Morgan fingerprint density at radius 3 is 2.19 bits per heavy atom. The third-order valence-electron chi connectivity index (χ3n) is 5.39. The lowest BCUT2D eigenvalue weighted by Gasteiger charge is -2.37. The van der Waals surface area contributed by atoms with Crippen molar-refractivity contribution in [3.05, 3.63) is 0 Å². The summed E-state index contributed by atoms with van der Waals surface area (Å²) in [5.41, 5.74) is 0. The highest BCUT2D eigenvalue weighted by Crippen LogP contribution is 2.54. The monoisotopic (exact) mass is 408 g/mol. The molecule has 5 atom stereocenters. The van der Waals surface area contributed by atoms with Crippen LogP contribution in [0.3, 0.4) is 0 Å². The van der Waals surface area contributed by atoms with E-state index >= 15 is 0 Å². The fraction of sp³-hybridized carbons (Fsp3) is 1.00. The topological polar surface area (TPSA) is 105 Å². The zero-order valence-corrected chi connectivity index (χ0v) is 18.6. The van der Waals surface area contributed by atoms with Crippen molar-refractivity contribution in [2.24, 2.45) is 5.92 Å². The molecule has 0 aromatic carbocycles. The van der Waals surface area contributed by atoms with Gasteiger partial charge in [0, 0.05) is 6.00 Å². The smallest absolute Gasteiger partial charge is 0.361 e. The van der Waals surface area contributed by atoms with Gasteiger partial charge in [-0.2, -0.15) is 0 Å². The van der Waals surface area contributed by atoms with E-state index in [-0.39, 0.29) is 24.2 Å². The molecule has 1 saturated heterocycles. The van der Waals surface area contributed by atoms with Gasteiger partial charge in [-0.05, 0) is 50.7 Å². The number of aliphatic hydroxyl groups is 2. The Balaban J connectivity index is 2.84. The Hall–Kier alpha value is 0.272. The Bertz CT molecular complexity index is 489. The fourth-order valence-corrected chi connectivity index (χ4v) is 5.48. The van der Waals surface area contributed by atoms with Crippen LogP contribution in [0.4, 0.5) is 0 Å². The van der Waals surface area contributed by atoms with Crippen LogP contribution in [0.1, 0.15) is 40.5 Å². The molecule has 0 bridgehead atoms. The summed E-state index contributed by atoms with van der Waals surface area (Å²) in [4.78, 5) is 10.5. The van der Waals surface area contributed by atoms with E-state index in [1.54, 1.807) is 13.8 Å². The van der Waals surface area contributed by atoms with E-state index in [4.69, 9.17) is 21.6 Å². The number of ether oxygens (including phenoxy) is 1. The third kappa shape index (κ3) is 5.64. The van der Waals surface area contributed by atoms with E-state index in [9.17, 15) is 19.6 Å². The van der Waals surface area contributed by atoms with Gasteiger partial charge in [-0.15, -0.1) is 0 Å². The van der Waals surface area contributed by atoms with Gasteiger partial charge >= 0.3 is 7.60 Å². The average molecular weight is 408 g/mol. The van der Waals surface area contributed by atoms with Crippen LogP contribution < -0.4 is 0 Å². The molecular formula is C16H34BO7PSi. The minimum atomic E-state index is -3.87. The molecule has 10 heteroatoms. The van der Waals surface area contributed by atoms with Gasteiger partial charge in [0.15, 0.2) is 14.2 Å². The van der Waals surface area contributed by atoms with Crippen LogP contribution in [-0.4, -0.2) is 68.4 Å². The van der Waals surface area contributed by atoms with Crippen LogP contribution in [0.2, 0.25) is 18.1 Å². The summed E-state index contributed by atoms with van der Waals surface area (Å²) >= 11 is 0. The number of aliphatic hydroxyl groups excluding tert-OH is 2. The summed E-state index contributed by atoms with van der Waals surface area (Å²) in [7, 11) is -0.215. The second kappa shape index (κ2) is 9.18. The molecular weight excluding hydrogens is 374 g/mol. The molecule has 0 amide bonds. The lowest BCUT2D eigenvalue weighted by Crippen LogP contribution is -2.41. The van der Waals surface area contributed by atoms with Crippen LogP contribution >= 0.6 is 7.60 Å². The van der Waals surface area contributed by atoms with Gasteiger partial charge in [-0.1, -0.05) is 13.8 Å². The minimum Gasteiger partial charge on any atom is -0.432 e. The van der Waals surface area contributed by atoms with E-state index < -0.39 is 40.0 Å². The number of hydrogen-bond acceptors (Lipinski definition) is 7. The predicted molar refractivity (Wildman–Crippen MR) is 104 cm³/mol. The first-order chi connectivity index (χ1) is 11.8. The zero-order valence-electron chi connectivity index (χ0n) is 16.7. The van der Waals surface area contributed by atoms with Gasteiger partial charge in [0.2, 0.25) is 0 Å². The summed E-state index contributed by atoms with van der Waals surface area (Å²) in [6.45, 7) is 11.2. The van der Waals surface area contributed by atoms with E-state index in [1.807, 2.05) is 26.9 Å². The normalized spacial score (nSPS) is 27.5. The first-order valence-electron chi connectivity index (χ1n) is 9.17.